The number of thiazole rings is 1. The number of rotatable bonds is 1. The van der Waals surface area contributed by atoms with E-state index in [0.29, 0.717) is 5.13 Å². The Hall–Kier alpha value is -2.47. The fraction of sp³-hybridized carbons (Fsp3) is 0. The van der Waals surface area contributed by atoms with Gasteiger partial charge in [-0.05, 0) is 24.3 Å². The molecule has 0 unspecified atom stereocenters. The number of hydrogen-bond donors (Lipinski definition) is 2. The van der Waals surface area contributed by atoms with E-state index in [-0.39, 0.29) is 5.56 Å². The lowest BCUT2D eigenvalue weighted by atomic mass is 10.3. The lowest BCUT2D eigenvalue weighted by Crippen LogP contribution is -1.94. The molecule has 0 spiro atoms. The average molecular weight is 273 g/mol. The van der Waals surface area contributed by atoms with E-state index < -0.39 is 5.97 Å². The quantitative estimate of drug-likeness (QED) is 0.711. The van der Waals surface area contributed by atoms with Crippen LogP contribution in [0.5, 0.6) is 0 Å². The van der Waals surface area contributed by atoms with E-state index in [1.807, 2.05) is 24.3 Å². The molecule has 3 aromatic rings. The van der Waals surface area contributed by atoms with Crippen molar-refractivity contribution in [3.63, 3.8) is 0 Å². The molecule has 0 atom stereocenters. The van der Waals surface area contributed by atoms with Crippen LogP contribution < -0.4 is 5.73 Å². The number of carboxylic acids is 1. The second kappa shape index (κ2) is 5.92. The predicted molar refractivity (Wildman–Crippen MR) is 75.2 cm³/mol. The van der Waals surface area contributed by atoms with E-state index in [4.69, 9.17) is 10.8 Å². The number of carboxylic acid groups (broad SMARTS) is 1. The van der Waals surface area contributed by atoms with Crippen molar-refractivity contribution in [3.05, 3.63) is 54.4 Å². The number of aromatic nitrogens is 2. The van der Waals surface area contributed by atoms with Crippen molar-refractivity contribution in [3.8, 4) is 0 Å². The molecule has 3 N–H and O–H groups in total. The normalized spacial score (nSPS) is 9.68. The third kappa shape index (κ3) is 3.49. The van der Waals surface area contributed by atoms with Gasteiger partial charge in [0.25, 0.3) is 0 Å². The van der Waals surface area contributed by atoms with E-state index in [2.05, 4.69) is 9.97 Å². The number of nitrogens with zero attached hydrogens (tertiary/aromatic N) is 2. The highest BCUT2D eigenvalue weighted by atomic mass is 32.1. The first-order chi connectivity index (χ1) is 9.16. The molecule has 0 amide bonds. The topological polar surface area (TPSA) is 89.1 Å². The average Bonchev–Trinajstić information content (AvgIpc) is 2.80. The van der Waals surface area contributed by atoms with Crippen LogP contribution in [0.15, 0.2) is 48.8 Å². The molecule has 0 radical (unpaired) electrons. The van der Waals surface area contributed by atoms with Gasteiger partial charge in [-0.25, -0.2) is 9.78 Å². The lowest BCUT2D eigenvalue weighted by molar-refractivity contribution is 0.0696. The van der Waals surface area contributed by atoms with Crippen LogP contribution in [-0.2, 0) is 0 Å². The van der Waals surface area contributed by atoms with Crippen LogP contribution in [0, 0.1) is 0 Å². The molecule has 0 aliphatic rings. The van der Waals surface area contributed by atoms with E-state index in [0.717, 1.165) is 10.2 Å². The fourth-order valence-electron chi connectivity index (χ4n) is 1.38. The zero-order chi connectivity index (χ0) is 13.7. The maximum Gasteiger partial charge on any atom is 0.337 e. The van der Waals surface area contributed by atoms with Crippen LogP contribution in [0.4, 0.5) is 5.13 Å². The number of fused-ring (bicyclic) bond motifs is 1. The Morgan fingerprint density at radius 3 is 2.58 bits per heavy atom. The zero-order valence-corrected chi connectivity index (χ0v) is 10.7. The monoisotopic (exact) mass is 273 g/mol. The molecule has 1 aromatic carbocycles. The smallest absolute Gasteiger partial charge is 0.337 e. The van der Waals surface area contributed by atoms with Crippen molar-refractivity contribution < 1.29 is 9.90 Å². The number of carbonyl (C=O) groups is 1. The minimum absolute atomic E-state index is 0.220. The van der Waals surface area contributed by atoms with Gasteiger partial charge < -0.3 is 10.8 Å². The Bertz CT molecular complexity index is 649. The van der Waals surface area contributed by atoms with Crippen LogP contribution in [0.1, 0.15) is 10.4 Å². The van der Waals surface area contributed by atoms with Gasteiger partial charge in [-0.15, -0.1) is 0 Å². The first kappa shape index (κ1) is 13.0. The maximum atomic E-state index is 10.2. The number of nitrogen functional groups attached to an aromatic ring is 1. The fourth-order valence-corrected chi connectivity index (χ4v) is 2.11. The highest BCUT2D eigenvalue weighted by Gasteiger charge is 1.98. The van der Waals surface area contributed by atoms with Crippen LogP contribution in [0.3, 0.4) is 0 Å². The summed E-state index contributed by atoms with van der Waals surface area (Å²) >= 11 is 1.52. The minimum atomic E-state index is -0.942. The van der Waals surface area contributed by atoms with Gasteiger partial charge in [-0.1, -0.05) is 23.5 Å². The molecule has 2 aromatic heterocycles. The molecule has 5 nitrogen and oxygen atoms in total. The molecule has 19 heavy (non-hydrogen) atoms. The SMILES string of the molecule is Nc1nc2ccccc2s1.O=C(O)c1cccnc1. The van der Waals surface area contributed by atoms with Gasteiger partial charge in [0.05, 0.1) is 15.8 Å². The summed E-state index contributed by atoms with van der Waals surface area (Å²) in [6.07, 6.45) is 2.84. The number of hydrogen-bond acceptors (Lipinski definition) is 5. The first-order valence-electron chi connectivity index (χ1n) is 5.41. The summed E-state index contributed by atoms with van der Waals surface area (Å²) in [7, 11) is 0. The molecule has 0 bridgehead atoms. The molecular formula is C13H11N3O2S. The molecule has 3 rings (SSSR count). The minimum Gasteiger partial charge on any atom is -0.478 e. The van der Waals surface area contributed by atoms with Gasteiger partial charge in [-0.3, -0.25) is 4.98 Å². The summed E-state index contributed by atoms with van der Waals surface area (Å²) in [6, 6.07) is 11.0. The van der Waals surface area contributed by atoms with Crippen LogP contribution in [-0.4, -0.2) is 21.0 Å². The standard InChI is InChI=1S/C7H6N2S.C6H5NO2/c8-7-9-5-3-1-2-4-6(5)10-7;8-6(9)5-2-1-3-7-4-5/h1-4H,(H2,8,9);1-4H,(H,8,9). The highest BCUT2D eigenvalue weighted by Crippen LogP contribution is 2.22. The molecule has 0 fully saturated rings. The zero-order valence-electron chi connectivity index (χ0n) is 9.85. The van der Waals surface area contributed by atoms with Crippen molar-refractivity contribution in [2.45, 2.75) is 0 Å². The van der Waals surface area contributed by atoms with Crippen molar-refractivity contribution in [2.24, 2.45) is 0 Å². The summed E-state index contributed by atoms with van der Waals surface area (Å²) in [5.74, 6) is -0.942. The molecule has 0 aliphatic carbocycles. The summed E-state index contributed by atoms with van der Waals surface area (Å²) in [4.78, 5) is 17.9. The molecule has 2 heterocycles. The number of aromatic carboxylic acids is 1. The molecular weight excluding hydrogens is 262 g/mol. The number of para-hydroxylation sites is 1. The van der Waals surface area contributed by atoms with Gasteiger partial charge in [0.1, 0.15) is 0 Å². The maximum absolute atomic E-state index is 10.2. The summed E-state index contributed by atoms with van der Waals surface area (Å²) < 4.78 is 1.15. The Labute approximate surface area is 113 Å². The van der Waals surface area contributed by atoms with Crippen molar-refractivity contribution in [1.82, 2.24) is 9.97 Å². The van der Waals surface area contributed by atoms with Gasteiger partial charge in [0.2, 0.25) is 0 Å². The van der Waals surface area contributed by atoms with Crippen LogP contribution >= 0.6 is 11.3 Å². The second-order valence-electron chi connectivity index (χ2n) is 3.57. The lowest BCUT2D eigenvalue weighted by Gasteiger charge is -1.87. The largest absolute Gasteiger partial charge is 0.478 e. The van der Waals surface area contributed by atoms with Gasteiger partial charge in [0, 0.05) is 12.4 Å². The predicted octanol–water partition coefficient (Wildman–Crippen LogP) is 2.66. The second-order valence-corrected chi connectivity index (χ2v) is 4.63. The molecule has 96 valence electrons. The van der Waals surface area contributed by atoms with Crippen molar-refractivity contribution >= 4 is 32.7 Å². The Morgan fingerprint density at radius 1 is 1.21 bits per heavy atom. The Balaban J connectivity index is 0.000000141. The number of benzene rings is 1. The number of pyridine rings is 1. The van der Waals surface area contributed by atoms with Gasteiger partial charge in [0.15, 0.2) is 5.13 Å². The first-order valence-corrected chi connectivity index (χ1v) is 6.23. The Kier molecular flexibility index (Phi) is 4.04. The third-order valence-corrected chi connectivity index (χ3v) is 3.08. The highest BCUT2D eigenvalue weighted by molar-refractivity contribution is 7.22. The van der Waals surface area contributed by atoms with E-state index in [1.165, 1.54) is 29.8 Å². The third-order valence-electron chi connectivity index (χ3n) is 2.22. The summed E-state index contributed by atoms with van der Waals surface area (Å²) in [6.45, 7) is 0. The molecule has 6 heteroatoms. The van der Waals surface area contributed by atoms with Crippen LogP contribution in [0.2, 0.25) is 0 Å². The van der Waals surface area contributed by atoms with E-state index >= 15 is 0 Å². The molecule has 0 saturated heterocycles. The van der Waals surface area contributed by atoms with Crippen molar-refractivity contribution in [2.75, 3.05) is 5.73 Å². The van der Waals surface area contributed by atoms with Crippen molar-refractivity contribution in [1.29, 1.82) is 0 Å². The number of nitrogens with two attached hydrogens (primary N) is 1. The molecule has 0 aliphatic heterocycles. The van der Waals surface area contributed by atoms with E-state index in [9.17, 15) is 4.79 Å². The van der Waals surface area contributed by atoms with Gasteiger partial charge >= 0.3 is 5.97 Å². The van der Waals surface area contributed by atoms with Gasteiger partial charge in [-0.2, -0.15) is 0 Å². The molecule has 0 saturated carbocycles. The number of anilines is 1. The Morgan fingerprint density at radius 2 is 2.00 bits per heavy atom. The summed E-state index contributed by atoms with van der Waals surface area (Å²) in [5, 5.41) is 8.98. The van der Waals surface area contributed by atoms with Crippen LogP contribution in [0.25, 0.3) is 10.2 Å². The van der Waals surface area contributed by atoms with E-state index in [1.54, 1.807) is 6.07 Å². The summed E-state index contributed by atoms with van der Waals surface area (Å²) in [5.41, 5.74) is 6.71.